The summed E-state index contributed by atoms with van der Waals surface area (Å²) in [6.07, 6.45) is 4.77. The second-order valence-corrected chi connectivity index (χ2v) is 10.3. The second-order valence-electron chi connectivity index (χ2n) is 7.19. The average molecular weight is 533 g/mol. The van der Waals surface area contributed by atoms with Gasteiger partial charge in [0.15, 0.2) is 0 Å². The summed E-state index contributed by atoms with van der Waals surface area (Å²) in [5, 5.41) is 6.45. The Kier molecular flexibility index (Phi) is 5.79. The summed E-state index contributed by atoms with van der Waals surface area (Å²) < 4.78 is 26.4. The smallest absolute Gasteiger partial charge is 0.260 e. The molecule has 1 aliphatic rings. The normalized spacial score (nSPS) is 13.1. The fraction of sp³-hybridized carbons (Fsp3) is 0.182. The summed E-state index contributed by atoms with van der Waals surface area (Å²) in [7, 11) is -3.62. The van der Waals surface area contributed by atoms with Crippen molar-refractivity contribution in [3.05, 3.63) is 74.9 Å². The van der Waals surface area contributed by atoms with Crippen molar-refractivity contribution in [3.63, 3.8) is 0 Å². The van der Waals surface area contributed by atoms with Crippen molar-refractivity contribution in [1.82, 2.24) is 5.43 Å². The number of benzene rings is 3. The quantitative estimate of drug-likeness (QED) is 0.300. The van der Waals surface area contributed by atoms with Crippen LogP contribution < -0.4 is 9.73 Å². The van der Waals surface area contributed by atoms with Crippen LogP contribution in [0.15, 0.2) is 59.7 Å². The van der Waals surface area contributed by atoms with Crippen molar-refractivity contribution < 1.29 is 13.2 Å². The Labute approximate surface area is 189 Å². The number of carbonyl (C=O) groups is 1. The number of halogens is 1. The third-order valence-corrected chi connectivity index (χ3v) is 6.97. The van der Waals surface area contributed by atoms with Crippen LogP contribution in [0.25, 0.3) is 10.8 Å². The van der Waals surface area contributed by atoms with Crippen LogP contribution in [0, 0.1) is 3.57 Å². The van der Waals surface area contributed by atoms with E-state index in [-0.39, 0.29) is 6.54 Å². The van der Waals surface area contributed by atoms with Gasteiger partial charge in [-0.25, -0.2) is 13.8 Å². The molecule has 0 radical (unpaired) electrons. The topological polar surface area (TPSA) is 78.8 Å². The van der Waals surface area contributed by atoms with Gasteiger partial charge < -0.3 is 0 Å². The van der Waals surface area contributed by atoms with Gasteiger partial charge in [0.2, 0.25) is 10.0 Å². The molecule has 0 aromatic heterocycles. The molecule has 0 heterocycles. The van der Waals surface area contributed by atoms with Crippen LogP contribution in [-0.4, -0.2) is 33.3 Å². The Hall–Kier alpha value is -2.46. The van der Waals surface area contributed by atoms with E-state index in [0.717, 1.165) is 37.9 Å². The number of sulfonamides is 1. The van der Waals surface area contributed by atoms with E-state index in [2.05, 4.69) is 51.3 Å². The van der Waals surface area contributed by atoms with Gasteiger partial charge in [-0.05, 0) is 81.6 Å². The first kappa shape index (κ1) is 20.8. The highest BCUT2D eigenvalue weighted by atomic mass is 127. The summed E-state index contributed by atoms with van der Waals surface area (Å²) in [6.45, 7) is -0.347. The van der Waals surface area contributed by atoms with Gasteiger partial charge in [0.25, 0.3) is 5.91 Å². The zero-order chi connectivity index (χ0) is 21.3. The zero-order valence-corrected chi connectivity index (χ0v) is 19.3. The lowest BCUT2D eigenvalue weighted by Crippen LogP contribution is -2.39. The van der Waals surface area contributed by atoms with Crippen molar-refractivity contribution in [2.24, 2.45) is 5.10 Å². The Morgan fingerprint density at radius 1 is 1.10 bits per heavy atom. The van der Waals surface area contributed by atoms with Gasteiger partial charge in [-0.15, -0.1) is 0 Å². The highest BCUT2D eigenvalue weighted by molar-refractivity contribution is 14.1. The molecule has 0 saturated heterocycles. The number of nitrogens with zero attached hydrogens (tertiary/aromatic N) is 2. The van der Waals surface area contributed by atoms with Crippen molar-refractivity contribution in [2.45, 2.75) is 12.8 Å². The van der Waals surface area contributed by atoms with E-state index in [1.54, 1.807) is 30.5 Å². The first-order valence-corrected chi connectivity index (χ1v) is 12.3. The van der Waals surface area contributed by atoms with E-state index in [0.29, 0.717) is 5.69 Å². The van der Waals surface area contributed by atoms with Crippen LogP contribution in [0.1, 0.15) is 16.7 Å². The van der Waals surface area contributed by atoms with Crippen molar-refractivity contribution >= 4 is 61.2 Å². The molecule has 6 nitrogen and oxygen atoms in total. The van der Waals surface area contributed by atoms with Crippen LogP contribution in [0.4, 0.5) is 5.69 Å². The third-order valence-electron chi connectivity index (χ3n) is 5.11. The summed E-state index contributed by atoms with van der Waals surface area (Å²) in [5.41, 5.74) is 6.47. The number of hydrazone groups is 1. The number of carbonyl (C=O) groups excluding carboxylic acids is 1. The Morgan fingerprint density at radius 3 is 2.50 bits per heavy atom. The number of rotatable bonds is 6. The fourth-order valence-corrected chi connectivity index (χ4v) is 4.94. The number of nitrogens with one attached hydrogen (secondary N) is 1. The second kappa shape index (κ2) is 8.35. The number of hydrogen-bond acceptors (Lipinski definition) is 4. The van der Waals surface area contributed by atoms with E-state index >= 15 is 0 Å². The maximum atomic E-state index is 12.4. The highest BCUT2D eigenvalue weighted by Gasteiger charge is 2.20. The van der Waals surface area contributed by atoms with Crippen LogP contribution in [-0.2, 0) is 27.7 Å². The first-order chi connectivity index (χ1) is 14.3. The van der Waals surface area contributed by atoms with Crippen LogP contribution in [0.2, 0.25) is 0 Å². The van der Waals surface area contributed by atoms with E-state index in [1.165, 1.54) is 16.5 Å². The Morgan fingerprint density at radius 2 is 1.80 bits per heavy atom. The molecule has 0 aliphatic heterocycles. The minimum atomic E-state index is -3.62. The van der Waals surface area contributed by atoms with Crippen LogP contribution in [0.5, 0.6) is 0 Å². The van der Waals surface area contributed by atoms with E-state index in [4.69, 9.17) is 0 Å². The Balaban J connectivity index is 1.50. The number of anilines is 1. The van der Waals surface area contributed by atoms with Crippen LogP contribution in [0.3, 0.4) is 0 Å². The monoisotopic (exact) mass is 533 g/mol. The number of amides is 1. The predicted molar refractivity (Wildman–Crippen MR) is 128 cm³/mol. The molecule has 4 rings (SSSR count). The molecule has 3 aromatic rings. The van der Waals surface area contributed by atoms with Gasteiger partial charge in [-0.2, -0.15) is 5.10 Å². The molecular weight excluding hydrogens is 513 g/mol. The van der Waals surface area contributed by atoms with Crippen molar-refractivity contribution in [1.29, 1.82) is 0 Å². The zero-order valence-electron chi connectivity index (χ0n) is 16.3. The van der Waals surface area contributed by atoms with Crippen LogP contribution >= 0.6 is 22.6 Å². The predicted octanol–water partition coefficient (Wildman–Crippen LogP) is 3.46. The largest absolute Gasteiger partial charge is 0.271 e. The van der Waals surface area contributed by atoms with Gasteiger partial charge in [0.05, 0.1) is 18.2 Å². The first-order valence-electron chi connectivity index (χ1n) is 9.41. The molecule has 0 atom stereocenters. The van der Waals surface area contributed by atoms with Gasteiger partial charge in [0.1, 0.15) is 6.54 Å². The summed E-state index contributed by atoms with van der Waals surface area (Å²) in [6, 6.07) is 17.3. The van der Waals surface area contributed by atoms with Gasteiger partial charge in [-0.3, -0.25) is 9.10 Å². The highest BCUT2D eigenvalue weighted by Crippen LogP contribution is 2.32. The lowest BCUT2D eigenvalue weighted by molar-refractivity contribution is -0.119. The van der Waals surface area contributed by atoms with Gasteiger partial charge in [-0.1, -0.05) is 30.3 Å². The number of hydrogen-bond donors (Lipinski definition) is 1. The molecule has 0 unspecified atom stereocenters. The molecular formula is C22H20IN3O3S. The lowest BCUT2D eigenvalue weighted by atomic mass is 10.0. The number of aryl methyl sites for hydroxylation is 2. The third kappa shape index (κ3) is 4.34. The van der Waals surface area contributed by atoms with Crippen molar-refractivity contribution in [3.8, 4) is 0 Å². The minimum Gasteiger partial charge on any atom is -0.271 e. The molecule has 0 spiro atoms. The SMILES string of the molecule is CS(=O)(=O)N(CC(=O)N/N=C\c1ccc2c3c(cccc13)CC2)c1ccc(I)cc1. The molecule has 1 amide bonds. The fourth-order valence-electron chi connectivity index (χ4n) is 3.73. The molecule has 0 bridgehead atoms. The molecule has 3 aromatic carbocycles. The summed E-state index contributed by atoms with van der Waals surface area (Å²) in [5.74, 6) is -0.513. The van der Waals surface area contributed by atoms with E-state index in [9.17, 15) is 13.2 Å². The summed E-state index contributed by atoms with van der Waals surface area (Å²) >= 11 is 2.14. The van der Waals surface area contributed by atoms with Crippen molar-refractivity contribution in [2.75, 3.05) is 17.1 Å². The van der Waals surface area contributed by atoms with E-state index in [1.807, 2.05) is 12.1 Å². The molecule has 154 valence electrons. The van der Waals surface area contributed by atoms with Gasteiger partial charge >= 0.3 is 0 Å². The molecule has 8 heteroatoms. The van der Waals surface area contributed by atoms with E-state index < -0.39 is 15.9 Å². The lowest BCUT2D eigenvalue weighted by Gasteiger charge is -2.21. The molecule has 1 N–H and O–H groups in total. The average Bonchev–Trinajstić information content (AvgIpc) is 3.13. The maximum Gasteiger partial charge on any atom is 0.260 e. The maximum absolute atomic E-state index is 12.4. The molecule has 0 saturated carbocycles. The Bertz CT molecular complexity index is 1240. The summed E-state index contributed by atoms with van der Waals surface area (Å²) in [4.78, 5) is 12.4. The molecule has 30 heavy (non-hydrogen) atoms. The standard InChI is InChI=1S/C22H20IN3O3S/c1-30(28,29)26(19-11-9-18(23)10-12-19)14-21(27)25-24-13-17-8-7-16-6-5-15-3-2-4-20(17)22(15)16/h2-4,7-13H,5-6,14H2,1H3,(H,25,27)/b24-13-. The molecule has 1 aliphatic carbocycles. The van der Waals surface area contributed by atoms with Gasteiger partial charge in [0, 0.05) is 9.13 Å². The molecule has 0 fully saturated rings. The minimum absolute atomic E-state index is 0.347.